The normalized spacial score (nSPS) is 21.0. The van der Waals surface area contributed by atoms with Gasteiger partial charge in [0.1, 0.15) is 5.82 Å². The molecule has 3 amide bonds. The van der Waals surface area contributed by atoms with Crippen LogP contribution < -0.4 is 10.2 Å². The standard InChI is InChI=1S/C23H35N5O4/c1-32-18-9-22(30)27-12-4-5-19(7-11-25-21(29)8-13-27)23(31)28-16-14-26(15-17-28)20-6-2-3-10-24-20/h2-3,6,10,19H,4-5,7-9,11-18H2,1H3,(H,25,29). The Kier molecular flexibility index (Phi) is 9.27. The molecule has 2 saturated heterocycles. The number of carbonyl (C=O) groups is 3. The van der Waals surface area contributed by atoms with Crippen LogP contribution in [0.1, 0.15) is 32.1 Å². The van der Waals surface area contributed by atoms with Gasteiger partial charge in [0.05, 0.1) is 13.0 Å². The van der Waals surface area contributed by atoms with Gasteiger partial charge in [-0.05, 0) is 31.4 Å². The minimum absolute atomic E-state index is 0.00702. The zero-order valence-corrected chi connectivity index (χ0v) is 19.0. The van der Waals surface area contributed by atoms with Crippen molar-refractivity contribution in [2.75, 3.05) is 64.4 Å². The topological polar surface area (TPSA) is 95.1 Å². The minimum atomic E-state index is -0.147. The molecular formula is C23H35N5O4. The van der Waals surface area contributed by atoms with Crippen molar-refractivity contribution in [3.8, 4) is 0 Å². The molecule has 0 spiro atoms. The molecule has 0 saturated carbocycles. The molecule has 2 aliphatic heterocycles. The monoisotopic (exact) mass is 445 g/mol. The van der Waals surface area contributed by atoms with Crippen LogP contribution in [0, 0.1) is 5.92 Å². The smallest absolute Gasteiger partial charge is 0.225 e. The van der Waals surface area contributed by atoms with Gasteiger partial charge in [0.2, 0.25) is 17.7 Å². The Balaban J connectivity index is 1.55. The predicted octanol–water partition coefficient (Wildman–Crippen LogP) is 0.902. The molecule has 0 radical (unpaired) electrons. The summed E-state index contributed by atoms with van der Waals surface area (Å²) in [4.78, 5) is 48.2. The number of anilines is 1. The van der Waals surface area contributed by atoms with Crippen LogP contribution in [0.4, 0.5) is 5.82 Å². The summed E-state index contributed by atoms with van der Waals surface area (Å²) in [5.74, 6) is 0.858. The van der Waals surface area contributed by atoms with E-state index in [9.17, 15) is 14.4 Å². The summed E-state index contributed by atoms with van der Waals surface area (Å²) in [6, 6.07) is 5.86. The van der Waals surface area contributed by atoms with Crippen LogP contribution in [-0.4, -0.2) is 92.0 Å². The molecule has 2 aliphatic rings. The molecule has 0 bridgehead atoms. The van der Waals surface area contributed by atoms with E-state index in [4.69, 9.17) is 4.74 Å². The molecule has 3 rings (SSSR count). The highest BCUT2D eigenvalue weighted by Gasteiger charge is 2.28. The largest absolute Gasteiger partial charge is 0.384 e. The number of hydrogen-bond donors (Lipinski definition) is 1. The van der Waals surface area contributed by atoms with Crippen LogP contribution in [0.25, 0.3) is 0 Å². The van der Waals surface area contributed by atoms with Crippen LogP contribution in [0.5, 0.6) is 0 Å². The second-order valence-electron chi connectivity index (χ2n) is 8.35. The van der Waals surface area contributed by atoms with Crippen molar-refractivity contribution in [2.45, 2.75) is 32.1 Å². The number of aromatic nitrogens is 1. The van der Waals surface area contributed by atoms with Gasteiger partial charge in [0.25, 0.3) is 0 Å². The number of nitrogens with one attached hydrogen (secondary N) is 1. The lowest BCUT2D eigenvalue weighted by molar-refractivity contribution is -0.136. The molecule has 2 fully saturated rings. The van der Waals surface area contributed by atoms with E-state index in [0.717, 1.165) is 25.3 Å². The van der Waals surface area contributed by atoms with Crippen molar-refractivity contribution in [3.05, 3.63) is 24.4 Å². The maximum Gasteiger partial charge on any atom is 0.225 e. The zero-order chi connectivity index (χ0) is 22.8. The Bertz CT molecular complexity index is 752. The summed E-state index contributed by atoms with van der Waals surface area (Å²) < 4.78 is 5.01. The molecule has 32 heavy (non-hydrogen) atoms. The van der Waals surface area contributed by atoms with Crippen molar-refractivity contribution in [2.24, 2.45) is 5.92 Å². The van der Waals surface area contributed by atoms with E-state index in [0.29, 0.717) is 58.6 Å². The van der Waals surface area contributed by atoms with Gasteiger partial charge >= 0.3 is 0 Å². The summed E-state index contributed by atoms with van der Waals surface area (Å²) in [6.45, 7) is 4.67. The second-order valence-corrected chi connectivity index (χ2v) is 8.35. The third kappa shape index (κ3) is 6.91. The Morgan fingerprint density at radius 2 is 1.91 bits per heavy atom. The SMILES string of the molecule is COCCC(=O)N1CCCC(C(=O)N2CCN(c3ccccn3)CC2)CCNC(=O)CC1. The van der Waals surface area contributed by atoms with Gasteiger partial charge in [-0.1, -0.05) is 6.07 Å². The Morgan fingerprint density at radius 1 is 1.09 bits per heavy atom. The molecule has 1 N–H and O–H groups in total. The number of pyridine rings is 1. The number of nitrogens with zero attached hydrogens (tertiary/aromatic N) is 4. The molecule has 0 aromatic carbocycles. The molecule has 1 aromatic rings. The van der Waals surface area contributed by atoms with Gasteiger partial charge in [0, 0.05) is 71.5 Å². The van der Waals surface area contributed by atoms with Crippen LogP contribution in [0.2, 0.25) is 0 Å². The van der Waals surface area contributed by atoms with Crippen molar-refractivity contribution >= 4 is 23.5 Å². The molecule has 9 nitrogen and oxygen atoms in total. The van der Waals surface area contributed by atoms with Gasteiger partial charge in [-0.15, -0.1) is 0 Å². The van der Waals surface area contributed by atoms with Gasteiger partial charge in [0.15, 0.2) is 0 Å². The summed E-state index contributed by atoms with van der Waals surface area (Å²) in [5.41, 5.74) is 0. The number of carbonyl (C=O) groups excluding carboxylic acids is 3. The van der Waals surface area contributed by atoms with Crippen molar-refractivity contribution in [1.82, 2.24) is 20.1 Å². The lowest BCUT2D eigenvalue weighted by Gasteiger charge is -2.37. The maximum atomic E-state index is 13.3. The third-order valence-electron chi connectivity index (χ3n) is 6.19. The molecule has 1 unspecified atom stereocenters. The first kappa shape index (κ1) is 24.0. The fourth-order valence-corrected chi connectivity index (χ4v) is 4.29. The average Bonchev–Trinajstić information content (AvgIpc) is 2.87. The number of hydrogen-bond acceptors (Lipinski definition) is 6. The first-order valence-electron chi connectivity index (χ1n) is 11.6. The lowest BCUT2D eigenvalue weighted by atomic mass is 9.97. The predicted molar refractivity (Wildman–Crippen MR) is 121 cm³/mol. The fraction of sp³-hybridized carbons (Fsp3) is 0.652. The van der Waals surface area contributed by atoms with Crippen molar-refractivity contribution in [3.63, 3.8) is 0 Å². The summed E-state index contributed by atoms with van der Waals surface area (Å²) in [6.07, 6.45) is 4.46. The van der Waals surface area contributed by atoms with Crippen molar-refractivity contribution < 1.29 is 19.1 Å². The van der Waals surface area contributed by atoms with Crippen LogP contribution in [-0.2, 0) is 19.1 Å². The number of piperazine rings is 1. The molecule has 1 atom stereocenters. The number of ether oxygens (including phenoxy) is 1. The van der Waals surface area contributed by atoms with Crippen LogP contribution >= 0.6 is 0 Å². The van der Waals surface area contributed by atoms with Crippen LogP contribution in [0.3, 0.4) is 0 Å². The third-order valence-corrected chi connectivity index (χ3v) is 6.19. The first-order valence-corrected chi connectivity index (χ1v) is 11.6. The van der Waals surface area contributed by atoms with Crippen molar-refractivity contribution in [1.29, 1.82) is 0 Å². The van der Waals surface area contributed by atoms with E-state index >= 15 is 0 Å². The van der Waals surface area contributed by atoms with Gasteiger partial charge in [-0.2, -0.15) is 0 Å². The van der Waals surface area contributed by atoms with E-state index < -0.39 is 0 Å². The second kappa shape index (κ2) is 12.4. The number of amides is 3. The highest BCUT2D eigenvalue weighted by molar-refractivity contribution is 5.80. The Hall–Kier alpha value is -2.68. The quantitative estimate of drug-likeness (QED) is 0.724. The maximum absolute atomic E-state index is 13.3. The van der Waals surface area contributed by atoms with E-state index in [2.05, 4.69) is 15.2 Å². The van der Waals surface area contributed by atoms with Gasteiger partial charge in [-0.3, -0.25) is 14.4 Å². The van der Waals surface area contributed by atoms with E-state index in [1.807, 2.05) is 23.1 Å². The van der Waals surface area contributed by atoms with E-state index in [-0.39, 0.29) is 30.1 Å². The number of methoxy groups -OCH3 is 1. The van der Waals surface area contributed by atoms with Gasteiger partial charge < -0.3 is 24.8 Å². The fourth-order valence-electron chi connectivity index (χ4n) is 4.29. The summed E-state index contributed by atoms with van der Waals surface area (Å²) in [7, 11) is 1.57. The molecule has 1 aromatic heterocycles. The first-order chi connectivity index (χ1) is 15.6. The van der Waals surface area contributed by atoms with Gasteiger partial charge in [-0.25, -0.2) is 4.98 Å². The molecule has 9 heteroatoms. The Labute approximate surface area is 190 Å². The molecule has 176 valence electrons. The van der Waals surface area contributed by atoms with E-state index in [1.165, 1.54) is 0 Å². The zero-order valence-electron chi connectivity index (χ0n) is 19.0. The molecule has 0 aliphatic carbocycles. The molecular weight excluding hydrogens is 410 g/mol. The minimum Gasteiger partial charge on any atom is -0.384 e. The number of rotatable bonds is 5. The average molecular weight is 446 g/mol. The highest BCUT2D eigenvalue weighted by Crippen LogP contribution is 2.19. The lowest BCUT2D eigenvalue weighted by Crippen LogP contribution is -2.51. The van der Waals surface area contributed by atoms with Crippen LogP contribution in [0.15, 0.2) is 24.4 Å². The Morgan fingerprint density at radius 3 is 2.62 bits per heavy atom. The molecule has 3 heterocycles. The highest BCUT2D eigenvalue weighted by atomic mass is 16.5. The summed E-state index contributed by atoms with van der Waals surface area (Å²) in [5, 5.41) is 2.91. The van der Waals surface area contributed by atoms with E-state index in [1.54, 1.807) is 18.2 Å². The summed E-state index contributed by atoms with van der Waals surface area (Å²) >= 11 is 0.